The zero-order valence-electron chi connectivity index (χ0n) is 10.2. The van der Waals surface area contributed by atoms with Crippen molar-refractivity contribution in [3.8, 4) is 11.5 Å². The van der Waals surface area contributed by atoms with E-state index in [1.807, 2.05) is 0 Å². The number of hydrogen-bond donors (Lipinski definition) is 2. The number of carbonyl (C=O) groups excluding carboxylic acids is 1. The maximum absolute atomic E-state index is 11.2. The van der Waals surface area contributed by atoms with E-state index in [1.54, 1.807) is 31.4 Å². The van der Waals surface area contributed by atoms with Crippen molar-refractivity contribution in [1.29, 1.82) is 0 Å². The van der Waals surface area contributed by atoms with Gasteiger partial charge in [-0.2, -0.15) is 5.10 Å². The van der Waals surface area contributed by atoms with Gasteiger partial charge in [-0.25, -0.2) is 9.97 Å². The number of nitrogens with one attached hydrogen (secondary N) is 1. The van der Waals surface area contributed by atoms with Crippen molar-refractivity contribution < 1.29 is 4.79 Å². The van der Waals surface area contributed by atoms with Crippen LogP contribution in [0, 0.1) is 0 Å². The van der Waals surface area contributed by atoms with Crippen LogP contribution in [0.3, 0.4) is 0 Å². The second-order valence-electron chi connectivity index (χ2n) is 3.61. The smallest absolute Gasteiger partial charge is 0.220 e. The Morgan fingerprint density at radius 2 is 2.32 bits per heavy atom. The number of hydrogen-bond acceptors (Lipinski definition) is 6. The summed E-state index contributed by atoms with van der Waals surface area (Å²) in [6, 6.07) is 5.18. The van der Waals surface area contributed by atoms with Gasteiger partial charge in [0, 0.05) is 18.5 Å². The molecule has 1 unspecified atom stereocenters. The molecule has 2 aromatic heterocycles. The molecule has 0 radical (unpaired) electrons. The van der Waals surface area contributed by atoms with Crippen molar-refractivity contribution in [3.05, 3.63) is 29.9 Å². The van der Waals surface area contributed by atoms with Crippen LogP contribution in [0.25, 0.3) is 11.5 Å². The molecule has 2 heterocycles. The van der Waals surface area contributed by atoms with E-state index in [-0.39, 0.29) is 0 Å². The molecule has 3 N–H and O–H groups in total. The molecule has 19 heavy (non-hydrogen) atoms. The first-order chi connectivity index (χ1) is 9.17. The Balaban J connectivity index is 2.68. The number of carbonyl (C=O) groups is 1. The van der Waals surface area contributed by atoms with Gasteiger partial charge in [0.25, 0.3) is 0 Å². The van der Waals surface area contributed by atoms with Gasteiger partial charge in [-0.1, -0.05) is 15.3 Å². The molecule has 98 valence electrons. The Labute approximate surface area is 111 Å². The van der Waals surface area contributed by atoms with Crippen molar-refractivity contribution >= 4 is 26.8 Å². The van der Waals surface area contributed by atoms with Crippen molar-refractivity contribution in [2.75, 3.05) is 12.8 Å². The molecule has 0 bridgehead atoms. The third kappa shape index (κ3) is 2.61. The number of rotatable bonds is 3. The van der Waals surface area contributed by atoms with Gasteiger partial charge in [0.05, 0.1) is 5.69 Å². The molecule has 2 rings (SSSR count). The van der Waals surface area contributed by atoms with Gasteiger partial charge >= 0.3 is 0 Å². The molecule has 0 aliphatic carbocycles. The molecule has 2 aromatic rings. The highest BCUT2D eigenvalue weighted by molar-refractivity contribution is 7.27. The second-order valence-corrected chi connectivity index (χ2v) is 4.24. The Morgan fingerprint density at radius 3 is 2.95 bits per heavy atom. The van der Waals surface area contributed by atoms with Crippen LogP contribution in [-0.4, -0.2) is 28.0 Å². The maximum Gasteiger partial charge on any atom is 0.220 e. The molecule has 1 atom stereocenters. The topological polar surface area (TPSA) is 98.2 Å². The number of nitrogen functional groups attached to an aromatic ring is 1. The second kappa shape index (κ2) is 5.58. The lowest BCUT2D eigenvalue weighted by atomic mass is 10.3. The summed E-state index contributed by atoms with van der Waals surface area (Å²) >= 11 is 0. The van der Waals surface area contributed by atoms with E-state index in [0.29, 0.717) is 34.5 Å². The highest BCUT2D eigenvalue weighted by atomic mass is 31.0. The molecule has 0 aliphatic heterocycles. The minimum Gasteiger partial charge on any atom is -0.383 e. The minimum atomic E-state index is 0.350. The average Bonchev–Trinajstić information content (AvgIpc) is 2.42. The van der Waals surface area contributed by atoms with E-state index < -0.39 is 0 Å². The first-order valence-electron chi connectivity index (χ1n) is 5.43. The van der Waals surface area contributed by atoms with Gasteiger partial charge in [-0.15, -0.1) is 0 Å². The molecule has 8 heteroatoms. The van der Waals surface area contributed by atoms with E-state index >= 15 is 0 Å². The van der Waals surface area contributed by atoms with Crippen LogP contribution in [0.15, 0.2) is 29.5 Å². The molecule has 0 saturated heterocycles. The fraction of sp³-hybridized carbons (Fsp3) is 0.0909. The monoisotopic (exact) mass is 276 g/mol. The number of anilines is 1. The van der Waals surface area contributed by atoms with Gasteiger partial charge in [0.1, 0.15) is 5.82 Å². The van der Waals surface area contributed by atoms with Crippen molar-refractivity contribution in [2.45, 2.75) is 0 Å². The number of nitrogens with zero attached hydrogens (tertiary/aromatic N) is 4. The zero-order valence-corrected chi connectivity index (χ0v) is 11.4. The summed E-state index contributed by atoms with van der Waals surface area (Å²) in [6.45, 7) is 0. The highest BCUT2D eigenvalue weighted by Crippen LogP contribution is 2.12. The molecule has 0 saturated carbocycles. The van der Waals surface area contributed by atoms with Gasteiger partial charge in [0.15, 0.2) is 11.3 Å². The molecular weight excluding hydrogens is 263 g/mol. The first kappa shape index (κ1) is 13.2. The van der Waals surface area contributed by atoms with Crippen LogP contribution >= 0.6 is 9.24 Å². The van der Waals surface area contributed by atoms with E-state index in [0.717, 1.165) is 0 Å². The summed E-state index contributed by atoms with van der Waals surface area (Å²) in [5.41, 5.74) is 9.34. The lowest BCUT2D eigenvalue weighted by Crippen LogP contribution is -2.25. The zero-order chi connectivity index (χ0) is 13.8. The van der Waals surface area contributed by atoms with Gasteiger partial charge in [-0.3, -0.25) is 9.36 Å². The van der Waals surface area contributed by atoms with Crippen LogP contribution in [-0.2, 0) is 4.79 Å². The molecule has 7 nitrogen and oxygen atoms in total. The van der Waals surface area contributed by atoms with Crippen LogP contribution in [0.2, 0.25) is 0 Å². The first-order valence-corrected chi connectivity index (χ1v) is 6.00. The lowest BCUT2D eigenvalue weighted by molar-refractivity contribution is 0.544. The van der Waals surface area contributed by atoms with E-state index in [9.17, 15) is 4.79 Å². The summed E-state index contributed by atoms with van der Waals surface area (Å²) in [5, 5.41) is 4.70. The van der Waals surface area contributed by atoms with Crippen LogP contribution in [0.4, 0.5) is 5.82 Å². The van der Waals surface area contributed by atoms with Gasteiger partial charge in [-0.05, 0) is 12.1 Å². The summed E-state index contributed by atoms with van der Waals surface area (Å²) in [7, 11) is 4.09. The fourth-order valence-corrected chi connectivity index (χ4v) is 1.67. The predicted molar refractivity (Wildman–Crippen MR) is 76.0 cm³/mol. The predicted octanol–water partition coefficient (Wildman–Crippen LogP) is -0.899. The summed E-state index contributed by atoms with van der Waals surface area (Å²) < 4.78 is 1.34. The van der Waals surface area contributed by atoms with E-state index in [2.05, 4.69) is 29.7 Å². The number of pyridine rings is 1. The Hall–Kier alpha value is -2.27. The lowest BCUT2D eigenvalue weighted by Gasteiger charge is -2.08. The third-order valence-electron chi connectivity index (χ3n) is 2.41. The Bertz CT molecular complexity index is 681. The molecular formula is C11H13N6OP. The van der Waals surface area contributed by atoms with Crippen molar-refractivity contribution in [2.24, 2.45) is 5.10 Å². The van der Waals surface area contributed by atoms with Gasteiger partial charge in [0.2, 0.25) is 6.41 Å². The van der Waals surface area contributed by atoms with E-state index in [4.69, 9.17) is 5.73 Å². The average molecular weight is 276 g/mol. The highest BCUT2D eigenvalue weighted by Gasteiger charge is 2.08. The normalized spacial score (nSPS) is 11.4. The Kier molecular flexibility index (Phi) is 3.87. The third-order valence-corrected chi connectivity index (χ3v) is 2.86. The van der Waals surface area contributed by atoms with Crippen molar-refractivity contribution in [1.82, 2.24) is 20.0 Å². The molecule has 0 aliphatic rings. The van der Waals surface area contributed by atoms with Crippen LogP contribution in [0.1, 0.15) is 0 Å². The summed E-state index contributed by atoms with van der Waals surface area (Å²) in [6.07, 6.45) is 2.24. The molecule has 0 fully saturated rings. The van der Waals surface area contributed by atoms with Crippen LogP contribution in [0.5, 0.6) is 0 Å². The minimum absolute atomic E-state index is 0.350. The molecule has 0 aromatic carbocycles. The van der Waals surface area contributed by atoms with E-state index in [1.165, 1.54) is 4.57 Å². The van der Waals surface area contributed by atoms with Crippen molar-refractivity contribution in [3.63, 3.8) is 0 Å². The number of aromatic nitrogens is 3. The maximum atomic E-state index is 11.2. The Morgan fingerprint density at radius 1 is 1.53 bits per heavy atom. The SMILES string of the molecule is CN/N=c1/cccc(-c2ncc(P)c(N)n2)n1C=O. The standard InChI is InChI=1S/C11H13N6OP/c1-13-16-9-4-2-3-7(17(9)6-18)11-14-5-8(19)10(12)15-11/h2-6,13H,19H2,1H3,(H2,12,14,15)/b16-9-. The summed E-state index contributed by atoms with van der Waals surface area (Å²) in [5.74, 6) is 0.715. The van der Waals surface area contributed by atoms with Crippen LogP contribution < -0.4 is 22.0 Å². The van der Waals surface area contributed by atoms with Gasteiger partial charge < -0.3 is 11.2 Å². The summed E-state index contributed by atoms with van der Waals surface area (Å²) in [4.78, 5) is 19.6. The quantitative estimate of drug-likeness (QED) is 0.430. The number of nitrogens with two attached hydrogens (primary N) is 1. The molecule has 0 amide bonds. The largest absolute Gasteiger partial charge is 0.383 e. The molecule has 0 spiro atoms. The fourth-order valence-electron chi connectivity index (χ4n) is 1.54.